The van der Waals surface area contributed by atoms with E-state index in [9.17, 15) is 9.90 Å². The van der Waals surface area contributed by atoms with Gasteiger partial charge < -0.3 is 15.3 Å². The van der Waals surface area contributed by atoms with E-state index in [2.05, 4.69) is 17.4 Å². The molecule has 0 spiro atoms. The number of fused-ring (bicyclic) bond motifs is 1. The number of hydrogen-bond donors (Lipinski definition) is 2. The molecular formula is C21H30N2O2. The molecule has 1 saturated carbocycles. The van der Waals surface area contributed by atoms with E-state index in [0.29, 0.717) is 17.9 Å². The maximum absolute atomic E-state index is 13.3. The van der Waals surface area contributed by atoms with Gasteiger partial charge in [0.2, 0.25) is 0 Å². The number of piperidine rings is 1. The highest BCUT2D eigenvalue weighted by Crippen LogP contribution is 2.40. The number of hydrogen-bond acceptors (Lipinski definition) is 3. The smallest absolute Gasteiger partial charge is 0.254 e. The van der Waals surface area contributed by atoms with Crippen LogP contribution in [-0.2, 0) is 0 Å². The zero-order valence-electron chi connectivity index (χ0n) is 15.0. The highest BCUT2D eigenvalue weighted by Gasteiger charge is 2.44. The van der Waals surface area contributed by atoms with E-state index in [1.165, 1.54) is 37.7 Å². The predicted molar refractivity (Wildman–Crippen MR) is 98.7 cm³/mol. The summed E-state index contributed by atoms with van der Waals surface area (Å²) in [6.45, 7) is 2.19. The van der Waals surface area contributed by atoms with E-state index in [0.717, 1.165) is 31.5 Å². The zero-order valence-corrected chi connectivity index (χ0v) is 15.0. The van der Waals surface area contributed by atoms with E-state index in [1.807, 2.05) is 17.0 Å². The topological polar surface area (TPSA) is 52.6 Å². The fraction of sp³-hybridized carbons (Fsp3) is 0.667. The Morgan fingerprint density at radius 2 is 2.08 bits per heavy atom. The van der Waals surface area contributed by atoms with Crippen LogP contribution in [0.25, 0.3) is 0 Å². The van der Waals surface area contributed by atoms with Crippen molar-refractivity contribution in [2.24, 2.45) is 5.92 Å². The molecule has 4 atom stereocenters. The molecule has 136 valence electrons. The molecule has 2 aliphatic heterocycles. The summed E-state index contributed by atoms with van der Waals surface area (Å²) in [5.74, 6) is 1.22. The highest BCUT2D eigenvalue weighted by molar-refractivity contribution is 5.95. The van der Waals surface area contributed by atoms with Crippen LogP contribution in [0.3, 0.4) is 0 Å². The van der Waals surface area contributed by atoms with Crippen LogP contribution >= 0.6 is 0 Å². The third-order valence-electron chi connectivity index (χ3n) is 6.54. The Morgan fingerprint density at radius 1 is 1.20 bits per heavy atom. The van der Waals surface area contributed by atoms with Gasteiger partial charge in [-0.05, 0) is 68.2 Å². The summed E-state index contributed by atoms with van der Waals surface area (Å²) in [6.07, 6.45) is 8.14. The van der Waals surface area contributed by atoms with E-state index in [1.54, 1.807) is 0 Å². The lowest BCUT2D eigenvalue weighted by Crippen LogP contribution is -2.44. The van der Waals surface area contributed by atoms with E-state index in [4.69, 9.17) is 0 Å². The van der Waals surface area contributed by atoms with Gasteiger partial charge in [0.25, 0.3) is 5.91 Å². The molecule has 2 heterocycles. The van der Waals surface area contributed by atoms with Crippen molar-refractivity contribution in [1.82, 2.24) is 10.2 Å². The van der Waals surface area contributed by atoms with Gasteiger partial charge in [-0.15, -0.1) is 0 Å². The van der Waals surface area contributed by atoms with Crippen molar-refractivity contribution in [3.8, 4) is 0 Å². The average molecular weight is 342 g/mol. The standard InChI is InChI=1S/C21H30N2O2/c24-14-19-12-16-5-1-2-9-20(16)23(19)21(25)17-7-3-6-15(11-17)18-8-4-10-22-13-18/h3,6-7,11,16,18-20,22,24H,1-2,4-5,8-10,12-14H2/t16-,18?,19-,20-/m0/s1. The lowest BCUT2D eigenvalue weighted by atomic mass is 9.84. The molecule has 2 saturated heterocycles. The number of benzene rings is 1. The minimum atomic E-state index is 0.000559. The van der Waals surface area contributed by atoms with Crippen LogP contribution in [0.1, 0.15) is 66.8 Å². The molecule has 25 heavy (non-hydrogen) atoms. The van der Waals surface area contributed by atoms with Crippen molar-refractivity contribution in [3.63, 3.8) is 0 Å². The third-order valence-corrected chi connectivity index (χ3v) is 6.54. The van der Waals surface area contributed by atoms with Gasteiger partial charge in [-0.2, -0.15) is 0 Å². The molecule has 0 aromatic heterocycles. The normalized spacial score (nSPS) is 32.4. The lowest BCUT2D eigenvalue weighted by molar-refractivity contribution is 0.0553. The van der Waals surface area contributed by atoms with Crippen LogP contribution < -0.4 is 5.32 Å². The highest BCUT2D eigenvalue weighted by atomic mass is 16.3. The molecule has 4 heteroatoms. The van der Waals surface area contributed by atoms with E-state index in [-0.39, 0.29) is 18.6 Å². The number of aliphatic hydroxyl groups excluding tert-OH is 1. The number of likely N-dealkylation sites (tertiary alicyclic amines) is 1. The van der Waals surface area contributed by atoms with Crippen molar-refractivity contribution in [1.29, 1.82) is 0 Å². The summed E-state index contributed by atoms with van der Waals surface area (Å²) in [6, 6.07) is 8.57. The number of nitrogens with zero attached hydrogens (tertiary/aromatic N) is 1. The Kier molecular flexibility index (Phi) is 5.09. The number of carbonyl (C=O) groups excluding carboxylic acids is 1. The van der Waals surface area contributed by atoms with Crippen molar-refractivity contribution in [2.45, 2.75) is 62.9 Å². The predicted octanol–water partition coefficient (Wildman–Crippen LogP) is 2.92. The largest absolute Gasteiger partial charge is 0.394 e. The fourth-order valence-corrected chi connectivity index (χ4v) is 5.25. The van der Waals surface area contributed by atoms with Crippen LogP contribution in [0.15, 0.2) is 24.3 Å². The van der Waals surface area contributed by atoms with Crippen LogP contribution in [-0.4, -0.2) is 47.7 Å². The Hall–Kier alpha value is -1.39. The van der Waals surface area contributed by atoms with Crippen molar-refractivity contribution in [2.75, 3.05) is 19.7 Å². The Morgan fingerprint density at radius 3 is 2.88 bits per heavy atom. The number of aliphatic hydroxyl groups is 1. The molecule has 1 amide bonds. The second-order valence-corrected chi connectivity index (χ2v) is 8.07. The molecule has 1 unspecified atom stereocenters. The number of rotatable bonds is 3. The van der Waals surface area contributed by atoms with E-state index >= 15 is 0 Å². The summed E-state index contributed by atoms with van der Waals surface area (Å²) in [4.78, 5) is 15.3. The van der Waals surface area contributed by atoms with Gasteiger partial charge in [0.1, 0.15) is 0 Å². The average Bonchev–Trinajstić information content (AvgIpc) is 3.07. The van der Waals surface area contributed by atoms with Crippen molar-refractivity contribution in [3.05, 3.63) is 35.4 Å². The quantitative estimate of drug-likeness (QED) is 0.888. The fourth-order valence-electron chi connectivity index (χ4n) is 5.25. The zero-order chi connectivity index (χ0) is 17.2. The van der Waals surface area contributed by atoms with Gasteiger partial charge in [-0.1, -0.05) is 25.0 Å². The molecule has 0 bridgehead atoms. The van der Waals surface area contributed by atoms with Crippen molar-refractivity contribution >= 4 is 5.91 Å². The molecule has 1 aromatic carbocycles. The molecule has 1 aliphatic carbocycles. The number of nitrogens with one attached hydrogen (secondary N) is 1. The van der Waals surface area contributed by atoms with E-state index < -0.39 is 0 Å². The Balaban J connectivity index is 1.57. The van der Waals surface area contributed by atoms with Crippen LogP contribution in [0.5, 0.6) is 0 Å². The SMILES string of the molecule is O=C(c1cccc(C2CCCNC2)c1)N1[C@H](CO)C[C@@H]2CCCC[C@@H]21. The maximum Gasteiger partial charge on any atom is 0.254 e. The molecular weight excluding hydrogens is 312 g/mol. The molecule has 4 nitrogen and oxygen atoms in total. The van der Waals surface area contributed by atoms with Crippen LogP contribution in [0.2, 0.25) is 0 Å². The first-order chi connectivity index (χ1) is 12.3. The summed E-state index contributed by atoms with van der Waals surface area (Å²) in [5, 5.41) is 13.3. The number of carbonyl (C=O) groups is 1. The van der Waals surface area contributed by atoms with Gasteiger partial charge >= 0.3 is 0 Å². The second-order valence-electron chi connectivity index (χ2n) is 8.07. The lowest BCUT2D eigenvalue weighted by Gasteiger charge is -2.34. The monoisotopic (exact) mass is 342 g/mol. The van der Waals surface area contributed by atoms with Gasteiger partial charge in [0, 0.05) is 18.2 Å². The van der Waals surface area contributed by atoms with Crippen LogP contribution in [0.4, 0.5) is 0 Å². The first-order valence-corrected chi connectivity index (χ1v) is 10.0. The van der Waals surface area contributed by atoms with Gasteiger partial charge in [0.05, 0.1) is 12.6 Å². The van der Waals surface area contributed by atoms with Gasteiger partial charge in [0.15, 0.2) is 0 Å². The second kappa shape index (κ2) is 7.46. The molecule has 4 rings (SSSR count). The summed E-state index contributed by atoms with van der Waals surface area (Å²) >= 11 is 0. The first kappa shape index (κ1) is 17.0. The van der Waals surface area contributed by atoms with Gasteiger partial charge in [-0.3, -0.25) is 4.79 Å². The van der Waals surface area contributed by atoms with Crippen LogP contribution in [0, 0.1) is 5.92 Å². The third kappa shape index (κ3) is 3.34. The maximum atomic E-state index is 13.3. The summed E-state index contributed by atoms with van der Waals surface area (Å²) < 4.78 is 0. The minimum absolute atomic E-state index is 0.000559. The Labute approximate surface area is 150 Å². The Bertz CT molecular complexity index is 612. The molecule has 0 radical (unpaired) electrons. The summed E-state index contributed by atoms with van der Waals surface area (Å²) in [5.41, 5.74) is 2.07. The molecule has 3 fully saturated rings. The molecule has 2 N–H and O–H groups in total. The molecule has 1 aromatic rings. The minimum Gasteiger partial charge on any atom is -0.394 e. The number of amides is 1. The molecule has 3 aliphatic rings. The first-order valence-electron chi connectivity index (χ1n) is 10.0. The van der Waals surface area contributed by atoms with Crippen molar-refractivity contribution < 1.29 is 9.90 Å². The summed E-state index contributed by atoms with van der Waals surface area (Å²) in [7, 11) is 0. The van der Waals surface area contributed by atoms with Gasteiger partial charge in [-0.25, -0.2) is 0 Å².